The third-order valence-electron chi connectivity index (χ3n) is 2.02. The molecule has 78 valence electrons. The van der Waals surface area contributed by atoms with E-state index in [2.05, 4.69) is 5.92 Å². The molecule has 2 nitrogen and oxygen atoms in total. The zero-order chi connectivity index (χ0) is 11.3. The lowest BCUT2D eigenvalue weighted by Crippen LogP contribution is -2.08. The molecule has 15 heavy (non-hydrogen) atoms. The summed E-state index contributed by atoms with van der Waals surface area (Å²) in [5, 5.41) is 0. The summed E-state index contributed by atoms with van der Waals surface area (Å²) >= 11 is 0. The van der Waals surface area contributed by atoms with Crippen LogP contribution in [0.15, 0.2) is 24.3 Å². The number of hydrogen-bond donors (Lipinski definition) is 0. The first kappa shape index (κ1) is 11.3. The Hall–Kier alpha value is -1.75. The number of terminal acetylenes is 1. The van der Waals surface area contributed by atoms with Crippen LogP contribution in [0.3, 0.4) is 0 Å². The minimum absolute atomic E-state index is 0.105. The van der Waals surface area contributed by atoms with E-state index in [1.807, 2.05) is 6.92 Å². The zero-order valence-electron chi connectivity index (χ0n) is 8.99. The fraction of sp³-hybridized carbons (Fsp3) is 0.308. The Morgan fingerprint density at radius 2 is 2.33 bits per heavy atom. The highest BCUT2D eigenvalue weighted by molar-refractivity contribution is 5.96. The second kappa shape index (κ2) is 5.21. The van der Waals surface area contributed by atoms with Crippen molar-refractivity contribution >= 4 is 5.78 Å². The summed E-state index contributed by atoms with van der Waals surface area (Å²) in [5.41, 5.74) is 0.666. The molecule has 1 atom stereocenters. The van der Waals surface area contributed by atoms with Gasteiger partial charge in [0.25, 0.3) is 0 Å². The van der Waals surface area contributed by atoms with E-state index in [0.29, 0.717) is 17.7 Å². The van der Waals surface area contributed by atoms with Gasteiger partial charge < -0.3 is 4.74 Å². The third kappa shape index (κ3) is 3.14. The molecule has 0 bridgehead atoms. The predicted molar refractivity (Wildman–Crippen MR) is 60.0 cm³/mol. The molecule has 0 heterocycles. The smallest absolute Gasteiger partial charge is 0.162 e. The maximum absolute atomic E-state index is 11.4. The topological polar surface area (TPSA) is 26.3 Å². The molecule has 1 aromatic rings. The molecule has 0 fully saturated rings. The van der Waals surface area contributed by atoms with Gasteiger partial charge >= 0.3 is 0 Å². The first-order valence-electron chi connectivity index (χ1n) is 4.93. The Labute approximate surface area is 90.3 Å². The van der Waals surface area contributed by atoms with Gasteiger partial charge in [0.05, 0.1) is 0 Å². The fourth-order valence-electron chi connectivity index (χ4n) is 1.19. The highest BCUT2D eigenvalue weighted by Gasteiger charge is 2.05. The van der Waals surface area contributed by atoms with Gasteiger partial charge in [-0.05, 0) is 19.1 Å². The van der Waals surface area contributed by atoms with Crippen molar-refractivity contribution < 1.29 is 9.53 Å². The second-order valence-electron chi connectivity index (χ2n) is 3.23. The van der Waals surface area contributed by atoms with Gasteiger partial charge in [0.1, 0.15) is 5.75 Å². The number of ether oxygens (including phenoxy) is 1. The van der Waals surface area contributed by atoms with Crippen LogP contribution in [0.4, 0.5) is 0 Å². The van der Waals surface area contributed by atoms with Crippen LogP contribution >= 0.6 is 0 Å². The molecule has 0 saturated carbocycles. The summed E-state index contributed by atoms with van der Waals surface area (Å²) in [4.78, 5) is 11.4. The molecule has 0 amide bonds. The van der Waals surface area contributed by atoms with Gasteiger partial charge in [-0.15, -0.1) is 6.42 Å². The Bertz CT molecular complexity index is 388. The summed E-state index contributed by atoms with van der Waals surface area (Å²) < 4.78 is 5.41. The van der Waals surface area contributed by atoms with Crippen molar-refractivity contribution in [2.24, 2.45) is 0 Å². The number of ketones is 1. The molecular formula is C13H14O2. The van der Waals surface area contributed by atoms with Crippen molar-refractivity contribution in [1.29, 1.82) is 0 Å². The maximum Gasteiger partial charge on any atom is 0.162 e. The van der Waals surface area contributed by atoms with Crippen LogP contribution in [0.25, 0.3) is 0 Å². The van der Waals surface area contributed by atoms with Crippen molar-refractivity contribution in [1.82, 2.24) is 0 Å². The molecule has 0 spiro atoms. The lowest BCUT2D eigenvalue weighted by molar-refractivity contribution is 0.0987. The Morgan fingerprint density at radius 1 is 1.60 bits per heavy atom. The van der Waals surface area contributed by atoms with Crippen LogP contribution in [-0.2, 0) is 0 Å². The number of hydrogen-bond acceptors (Lipinski definition) is 2. The molecule has 2 heteroatoms. The van der Waals surface area contributed by atoms with Crippen molar-refractivity contribution in [3.05, 3.63) is 29.8 Å². The molecular weight excluding hydrogens is 188 g/mol. The molecule has 0 aliphatic carbocycles. The Morgan fingerprint density at radius 3 is 2.93 bits per heavy atom. The van der Waals surface area contributed by atoms with Crippen LogP contribution in [0.1, 0.15) is 30.6 Å². The Balaban J connectivity index is 2.84. The SMILES string of the molecule is C#CC(C)Oc1cccc(C(=O)CC)c1. The minimum atomic E-state index is -0.281. The van der Waals surface area contributed by atoms with E-state index in [0.717, 1.165) is 0 Å². The van der Waals surface area contributed by atoms with Crippen LogP contribution < -0.4 is 4.74 Å². The maximum atomic E-state index is 11.4. The lowest BCUT2D eigenvalue weighted by Gasteiger charge is -2.09. The van der Waals surface area contributed by atoms with E-state index >= 15 is 0 Å². The minimum Gasteiger partial charge on any atom is -0.478 e. The monoisotopic (exact) mass is 202 g/mol. The van der Waals surface area contributed by atoms with E-state index in [1.165, 1.54) is 0 Å². The summed E-state index contributed by atoms with van der Waals surface area (Å²) in [6, 6.07) is 7.08. The first-order chi connectivity index (χ1) is 7.17. The van der Waals surface area contributed by atoms with Crippen LogP contribution in [0, 0.1) is 12.3 Å². The number of carbonyl (C=O) groups excluding carboxylic acids is 1. The van der Waals surface area contributed by atoms with Crippen molar-refractivity contribution in [2.45, 2.75) is 26.4 Å². The van der Waals surface area contributed by atoms with Crippen LogP contribution in [0.2, 0.25) is 0 Å². The number of Topliss-reactive ketones (excluding diaryl/α,β-unsaturated/α-hetero) is 1. The van der Waals surface area contributed by atoms with Crippen LogP contribution in [0.5, 0.6) is 5.75 Å². The summed E-state index contributed by atoms with van der Waals surface area (Å²) in [7, 11) is 0. The lowest BCUT2D eigenvalue weighted by atomic mass is 10.1. The van der Waals surface area contributed by atoms with Gasteiger partial charge in [-0.3, -0.25) is 4.79 Å². The van der Waals surface area contributed by atoms with Crippen molar-refractivity contribution in [3.63, 3.8) is 0 Å². The highest BCUT2D eigenvalue weighted by atomic mass is 16.5. The predicted octanol–water partition coefficient (Wildman–Crippen LogP) is 2.68. The molecule has 1 unspecified atom stereocenters. The van der Waals surface area contributed by atoms with Gasteiger partial charge in [-0.2, -0.15) is 0 Å². The number of benzene rings is 1. The molecule has 0 aliphatic heterocycles. The normalized spacial score (nSPS) is 11.5. The highest BCUT2D eigenvalue weighted by Crippen LogP contribution is 2.15. The average Bonchev–Trinajstić information content (AvgIpc) is 2.28. The first-order valence-corrected chi connectivity index (χ1v) is 4.93. The van der Waals surface area contributed by atoms with Gasteiger partial charge in [0.2, 0.25) is 0 Å². The number of rotatable bonds is 4. The van der Waals surface area contributed by atoms with Crippen LogP contribution in [-0.4, -0.2) is 11.9 Å². The van der Waals surface area contributed by atoms with E-state index in [9.17, 15) is 4.79 Å². The second-order valence-corrected chi connectivity index (χ2v) is 3.23. The van der Waals surface area contributed by atoms with Gasteiger partial charge in [-0.25, -0.2) is 0 Å². The standard InChI is InChI=1S/C13H14O2/c1-4-10(3)15-12-8-6-7-11(9-12)13(14)5-2/h1,6-10H,5H2,2-3H3. The quantitative estimate of drug-likeness (QED) is 0.554. The van der Waals surface area contributed by atoms with Gasteiger partial charge in [0, 0.05) is 12.0 Å². The summed E-state index contributed by atoms with van der Waals surface area (Å²) in [6.07, 6.45) is 5.42. The van der Waals surface area contributed by atoms with E-state index in [1.54, 1.807) is 31.2 Å². The number of carbonyl (C=O) groups is 1. The average molecular weight is 202 g/mol. The third-order valence-corrected chi connectivity index (χ3v) is 2.02. The molecule has 1 rings (SSSR count). The van der Waals surface area contributed by atoms with E-state index in [-0.39, 0.29) is 11.9 Å². The van der Waals surface area contributed by atoms with Gasteiger partial charge in [0.15, 0.2) is 11.9 Å². The molecule has 0 aromatic heterocycles. The van der Waals surface area contributed by atoms with Gasteiger partial charge in [-0.1, -0.05) is 25.0 Å². The van der Waals surface area contributed by atoms with E-state index < -0.39 is 0 Å². The van der Waals surface area contributed by atoms with E-state index in [4.69, 9.17) is 11.2 Å². The fourth-order valence-corrected chi connectivity index (χ4v) is 1.19. The van der Waals surface area contributed by atoms with Crippen molar-refractivity contribution in [2.75, 3.05) is 0 Å². The molecule has 1 aromatic carbocycles. The Kier molecular flexibility index (Phi) is 3.93. The summed E-state index contributed by atoms with van der Waals surface area (Å²) in [5.74, 6) is 3.21. The zero-order valence-corrected chi connectivity index (χ0v) is 8.99. The summed E-state index contributed by atoms with van der Waals surface area (Å²) in [6.45, 7) is 3.62. The van der Waals surface area contributed by atoms with Crippen molar-refractivity contribution in [3.8, 4) is 18.1 Å². The molecule has 0 N–H and O–H groups in total. The molecule has 0 aliphatic rings. The molecule has 0 saturated heterocycles. The largest absolute Gasteiger partial charge is 0.478 e. The molecule has 0 radical (unpaired) electrons.